The molecule has 2 rings (SSSR count). The van der Waals surface area contributed by atoms with Crippen molar-refractivity contribution in [2.24, 2.45) is 34.5 Å². The Balaban J connectivity index is 1.94. The van der Waals surface area contributed by atoms with E-state index >= 15 is 0 Å². The number of hydrogen-bond donors (Lipinski definition) is 0. The lowest BCUT2D eigenvalue weighted by molar-refractivity contribution is 0.189. The Kier molecular flexibility index (Phi) is 2.08. The largest absolute Gasteiger partial charge is 0.0599 e. The third-order valence-corrected chi connectivity index (χ3v) is 4.67. The van der Waals surface area contributed by atoms with Gasteiger partial charge >= 0.3 is 0 Å². The standard InChI is InChI=1S/C14H26/c1-13(2,3)9-7-10-11(8-9)12(10)14(4,5)6/h9-12H,7-8H2,1-6H3. The van der Waals surface area contributed by atoms with Crippen LogP contribution < -0.4 is 0 Å². The molecule has 2 unspecified atom stereocenters. The number of hydrogen-bond acceptors (Lipinski definition) is 0. The highest BCUT2D eigenvalue weighted by Gasteiger charge is 2.60. The van der Waals surface area contributed by atoms with Gasteiger partial charge in [0.15, 0.2) is 0 Å². The first kappa shape index (κ1) is 10.5. The Bertz CT molecular complexity index is 201. The van der Waals surface area contributed by atoms with Crippen LogP contribution in [0, 0.1) is 34.5 Å². The Morgan fingerprint density at radius 1 is 0.714 bits per heavy atom. The molecule has 0 amide bonds. The zero-order valence-corrected chi connectivity index (χ0v) is 10.7. The molecule has 0 nitrogen and oxygen atoms in total. The van der Waals surface area contributed by atoms with Crippen molar-refractivity contribution in [3.63, 3.8) is 0 Å². The van der Waals surface area contributed by atoms with E-state index in [-0.39, 0.29) is 0 Å². The lowest BCUT2D eigenvalue weighted by atomic mass is 9.74. The second-order valence-corrected chi connectivity index (χ2v) is 7.75. The fourth-order valence-corrected chi connectivity index (χ4v) is 3.83. The maximum Gasteiger partial charge on any atom is -0.0303 e. The minimum atomic E-state index is 0.551. The van der Waals surface area contributed by atoms with E-state index in [1.165, 1.54) is 12.8 Å². The van der Waals surface area contributed by atoms with Crippen LogP contribution in [0.1, 0.15) is 54.4 Å². The third-order valence-electron chi connectivity index (χ3n) is 4.67. The van der Waals surface area contributed by atoms with E-state index in [1.807, 2.05) is 0 Å². The van der Waals surface area contributed by atoms with Crippen LogP contribution in [0.25, 0.3) is 0 Å². The molecule has 0 spiro atoms. The predicted molar refractivity (Wildman–Crippen MR) is 62.1 cm³/mol. The molecular weight excluding hydrogens is 168 g/mol. The summed E-state index contributed by atoms with van der Waals surface area (Å²) < 4.78 is 0. The van der Waals surface area contributed by atoms with Gasteiger partial charge in [-0.25, -0.2) is 0 Å². The summed E-state index contributed by atoms with van der Waals surface area (Å²) in [5.41, 5.74) is 1.12. The zero-order chi connectivity index (χ0) is 10.7. The Labute approximate surface area is 89.5 Å². The maximum absolute atomic E-state index is 2.42. The molecule has 2 saturated carbocycles. The van der Waals surface area contributed by atoms with Crippen molar-refractivity contribution in [2.75, 3.05) is 0 Å². The maximum atomic E-state index is 2.42. The molecule has 2 fully saturated rings. The summed E-state index contributed by atoms with van der Waals surface area (Å²) in [5.74, 6) is 4.20. The van der Waals surface area contributed by atoms with Gasteiger partial charge in [-0.3, -0.25) is 0 Å². The van der Waals surface area contributed by atoms with Crippen LogP contribution in [0.5, 0.6) is 0 Å². The van der Waals surface area contributed by atoms with E-state index in [2.05, 4.69) is 41.5 Å². The van der Waals surface area contributed by atoms with Gasteiger partial charge < -0.3 is 0 Å². The van der Waals surface area contributed by atoms with Crippen molar-refractivity contribution in [3.05, 3.63) is 0 Å². The minimum Gasteiger partial charge on any atom is -0.0599 e. The smallest absolute Gasteiger partial charge is 0.0303 e. The Morgan fingerprint density at radius 2 is 1.14 bits per heavy atom. The van der Waals surface area contributed by atoms with Crippen LogP contribution >= 0.6 is 0 Å². The van der Waals surface area contributed by atoms with Crippen LogP contribution in [0.3, 0.4) is 0 Å². The molecule has 2 atom stereocenters. The van der Waals surface area contributed by atoms with Crippen molar-refractivity contribution in [2.45, 2.75) is 54.4 Å². The summed E-state index contributed by atoms with van der Waals surface area (Å²) >= 11 is 0. The summed E-state index contributed by atoms with van der Waals surface area (Å²) in [6, 6.07) is 0. The molecule has 0 heteroatoms. The van der Waals surface area contributed by atoms with Gasteiger partial charge in [0.1, 0.15) is 0 Å². The van der Waals surface area contributed by atoms with Gasteiger partial charge in [-0.2, -0.15) is 0 Å². The molecule has 0 aromatic carbocycles. The molecule has 0 aliphatic heterocycles. The molecule has 0 aromatic heterocycles. The molecule has 82 valence electrons. The van der Waals surface area contributed by atoms with Crippen molar-refractivity contribution in [1.82, 2.24) is 0 Å². The van der Waals surface area contributed by atoms with E-state index in [4.69, 9.17) is 0 Å². The normalized spacial score (nSPS) is 42.4. The lowest BCUT2D eigenvalue weighted by Gasteiger charge is -2.31. The second kappa shape index (κ2) is 2.77. The summed E-state index contributed by atoms with van der Waals surface area (Å²) in [4.78, 5) is 0. The van der Waals surface area contributed by atoms with E-state index < -0.39 is 0 Å². The molecule has 0 bridgehead atoms. The van der Waals surface area contributed by atoms with Crippen molar-refractivity contribution in [3.8, 4) is 0 Å². The summed E-state index contributed by atoms with van der Waals surface area (Å²) in [7, 11) is 0. The van der Waals surface area contributed by atoms with Gasteiger partial charge in [0.05, 0.1) is 0 Å². The fourth-order valence-electron chi connectivity index (χ4n) is 3.83. The number of fused-ring (bicyclic) bond motifs is 1. The van der Waals surface area contributed by atoms with Crippen LogP contribution in [0.4, 0.5) is 0 Å². The van der Waals surface area contributed by atoms with Crippen molar-refractivity contribution < 1.29 is 0 Å². The van der Waals surface area contributed by atoms with Crippen LogP contribution in [0.15, 0.2) is 0 Å². The highest BCUT2D eigenvalue weighted by molar-refractivity contribution is 5.09. The zero-order valence-electron chi connectivity index (χ0n) is 10.7. The molecule has 0 aromatic rings. The fraction of sp³-hybridized carbons (Fsp3) is 1.00. The monoisotopic (exact) mass is 194 g/mol. The van der Waals surface area contributed by atoms with Gasteiger partial charge in [0.2, 0.25) is 0 Å². The highest BCUT2D eigenvalue weighted by Crippen LogP contribution is 2.67. The second-order valence-electron chi connectivity index (χ2n) is 7.75. The summed E-state index contributed by atoms with van der Waals surface area (Å²) in [6.45, 7) is 14.5. The first-order valence-electron chi connectivity index (χ1n) is 6.21. The van der Waals surface area contributed by atoms with Crippen molar-refractivity contribution in [1.29, 1.82) is 0 Å². The molecule has 0 N–H and O–H groups in total. The van der Waals surface area contributed by atoms with E-state index in [0.29, 0.717) is 10.8 Å². The van der Waals surface area contributed by atoms with E-state index in [1.54, 1.807) is 0 Å². The SMILES string of the molecule is CC(C)(C)C1CC2C(C1)C2C(C)(C)C. The summed E-state index contributed by atoms with van der Waals surface area (Å²) in [5, 5.41) is 0. The van der Waals surface area contributed by atoms with Crippen LogP contribution in [-0.2, 0) is 0 Å². The van der Waals surface area contributed by atoms with Gasteiger partial charge in [-0.05, 0) is 47.3 Å². The predicted octanol–water partition coefficient (Wildman–Crippen LogP) is 4.35. The van der Waals surface area contributed by atoms with Gasteiger partial charge in [0.25, 0.3) is 0 Å². The molecule has 0 heterocycles. The minimum absolute atomic E-state index is 0.551. The van der Waals surface area contributed by atoms with Crippen LogP contribution in [0.2, 0.25) is 0 Å². The topological polar surface area (TPSA) is 0 Å². The first-order valence-corrected chi connectivity index (χ1v) is 6.21. The van der Waals surface area contributed by atoms with E-state index in [0.717, 1.165) is 23.7 Å². The molecule has 2 aliphatic carbocycles. The number of rotatable bonds is 0. The average molecular weight is 194 g/mol. The van der Waals surface area contributed by atoms with E-state index in [9.17, 15) is 0 Å². The van der Waals surface area contributed by atoms with Crippen molar-refractivity contribution >= 4 is 0 Å². The average Bonchev–Trinajstić information content (AvgIpc) is 2.46. The summed E-state index contributed by atoms with van der Waals surface area (Å²) in [6.07, 6.45) is 3.02. The van der Waals surface area contributed by atoms with Gasteiger partial charge in [-0.15, -0.1) is 0 Å². The van der Waals surface area contributed by atoms with Gasteiger partial charge in [-0.1, -0.05) is 41.5 Å². The first-order chi connectivity index (χ1) is 6.21. The highest BCUT2D eigenvalue weighted by atomic mass is 14.7. The van der Waals surface area contributed by atoms with Crippen LogP contribution in [-0.4, -0.2) is 0 Å². The molecule has 0 saturated heterocycles. The quantitative estimate of drug-likeness (QED) is 0.538. The molecule has 14 heavy (non-hydrogen) atoms. The lowest BCUT2D eigenvalue weighted by Crippen LogP contribution is -2.22. The third kappa shape index (κ3) is 1.61. The Hall–Kier alpha value is 0. The molecule has 2 aliphatic rings. The van der Waals surface area contributed by atoms with Gasteiger partial charge in [0, 0.05) is 0 Å². The molecule has 0 radical (unpaired) electrons. The Morgan fingerprint density at radius 3 is 1.43 bits per heavy atom. The molecular formula is C14H26.